The summed E-state index contributed by atoms with van der Waals surface area (Å²) in [5.41, 5.74) is 21.3. The van der Waals surface area contributed by atoms with Gasteiger partial charge in [-0.2, -0.15) is 0 Å². The monoisotopic (exact) mass is 856 g/mol. The average Bonchev–Trinajstić information content (AvgIpc) is 4.13. The van der Waals surface area contributed by atoms with Crippen molar-refractivity contribution in [1.82, 2.24) is 9.97 Å². The quantitative estimate of drug-likeness (QED) is 0.153. The van der Waals surface area contributed by atoms with Crippen LogP contribution < -0.4 is 0 Å². The SMILES string of the molecule is c1ccc(C2(c3ccccc3)c3ccccc3-c3cc(-c4cccc(-c5cc(-c6ccc(-c7nc8ccccc8o7)cc6)cc(-c6ccc(-c7nc8ccccc8o7)cc6)c5)c4)ccc32)cc1. The van der Waals surface area contributed by atoms with E-state index in [1.54, 1.807) is 0 Å². The molecule has 67 heavy (non-hydrogen) atoms. The van der Waals surface area contributed by atoms with Crippen molar-refractivity contribution in [3.63, 3.8) is 0 Å². The summed E-state index contributed by atoms with van der Waals surface area (Å²) in [4.78, 5) is 9.51. The summed E-state index contributed by atoms with van der Waals surface area (Å²) in [6.45, 7) is 0. The lowest BCUT2D eigenvalue weighted by Crippen LogP contribution is -2.28. The van der Waals surface area contributed by atoms with Gasteiger partial charge in [-0.15, -0.1) is 0 Å². The summed E-state index contributed by atoms with van der Waals surface area (Å²) in [7, 11) is 0. The molecule has 0 amide bonds. The Bertz CT molecular complexity index is 3550. The topological polar surface area (TPSA) is 52.1 Å². The predicted octanol–water partition coefficient (Wildman–Crippen LogP) is 16.3. The smallest absolute Gasteiger partial charge is 0.227 e. The molecule has 1 aliphatic carbocycles. The molecule has 0 radical (unpaired) electrons. The number of oxazole rings is 2. The fraction of sp³-hybridized carbons (Fsp3) is 0.0159. The van der Waals surface area contributed by atoms with Crippen molar-refractivity contribution >= 4 is 22.2 Å². The van der Waals surface area contributed by atoms with Crippen LogP contribution in [0.1, 0.15) is 22.3 Å². The first-order valence-corrected chi connectivity index (χ1v) is 22.7. The Labute approximate surface area is 388 Å². The van der Waals surface area contributed by atoms with Crippen LogP contribution in [0.2, 0.25) is 0 Å². The largest absolute Gasteiger partial charge is 0.436 e. The molecule has 4 heteroatoms. The first-order valence-electron chi connectivity index (χ1n) is 22.7. The summed E-state index contributed by atoms with van der Waals surface area (Å²) < 4.78 is 12.3. The van der Waals surface area contributed by atoms with E-state index in [2.05, 4.69) is 194 Å². The van der Waals surface area contributed by atoms with Crippen molar-refractivity contribution in [2.24, 2.45) is 0 Å². The lowest BCUT2D eigenvalue weighted by atomic mass is 9.67. The van der Waals surface area contributed by atoms with Gasteiger partial charge in [-0.05, 0) is 157 Å². The van der Waals surface area contributed by atoms with Crippen molar-refractivity contribution < 1.29 is 8.83 Å². The fourth-order valence-electron chi connectivity index (χ4n) is 10.2. The van der Waals surface area contributed by atoms with Gasteiger partial charge in [0.2, 0.25) is 11.8 Å². The van der Waals surface area contributed by atoms with Crippen molar-refractivity contribution in [3.8, 4) is 78.5 Å². The van der Waals surface area contributed by atoms with E-state index in [1.807, 2.05) is 48.5 Å². The number of hydrogen-bond acceptors (Lipinski definition) is 4. The number of nitrogens with zero attached hydrogens (tertiary/aromatic N) is 2. The van der Waals surface area contributed by atoms with Gasteiger partial charge in [0.1, 0.15) is 11.0 Å². The molecule has 0 unspecified atom stereocenters. The van der Waals surface area contributed by atoms with E-state index in [-0.39, 0.29) is 0 Å². The van der Waals surface area contributed by atoms with E-state index in [0.29, 0.717) is 11.8 Å². The third kappa shape index (κ3) is 6.53. The molecule has 0 N–H and O–H groups in total. The molecular formula is C63H40N2O2. The molecule has 0 aliphatic heterocycles. The van der Waals surface area contributed by atoms with Gasteiger partial charge < -0.3 is 8.83 Å². The normalized spacial score (nSPS) is 12.6. The van der Waals surface area contributed by atoms with Crippen molar-refractivity contribution in [1.29, 1.82) is 0 Å². The van der Waals surface area contributed by atoms with Gasteiger partial charge in [0.25, 0.3) is 0 Å². The van der Waals surface area contributed by atoms with Crippen LogP contribution in [-0.2, 0) is 5.41 Å². The Balaban J connectivity index is 0.912. The Morgan fingerprint density at radius 2 is 0.672 bits per heavy atom. The fourth-order valence-corrected chi connectivity index (χ4v) is 10.2. The van der Waals surface area contributed by atoms with Crippen LogP contribution in [-0.4, -0.2) is 9.97 Å². The summed E-state index contributed by atoms with van der Waals surface area (Å²) >= 11 is 0. The molecule has 0 saturated carbocycles. The maximum absolute atomic E-state index is 6.13. The minimum Gasteiger partial charge on any atom is -0.436 e. The van der Waals surface area contributed by atoms with Crippen LogP contribution in [0.15, 0.2) is 251 Å². The third-order valence-electron chi connectivity index (χ3n) is 13.4. The summed E-state index contributed by atoms with van der Waals surface area (Å²) in [5.74, 6) is 1.22. The van der Waals surface area contributed by atoms with Gasteiger partial charge in [0.05, 0.1) is 5.41 Å². The first kappa shape index (κ1) is 38.6. The van der Waals surface area contributed by atoms with Gasteiger partial charge >= 0.3 is 0 Å². The van der Waals surface area contributed by atoms with Crippen molar-refractivity contribution in [2.75, 3.05) is 0 Å². The minimum atomic E-state index is -0.437. The maximum Gasteiger partial charge on any atom is 0.227 e. The molecule has 12 aromatic rings. The molecule has 0 atom stereocenters. The van der Waals surface area contributed by atoms with E-state index >= 15 is 0 Å². The van der Waals surface area contributed by atoms with Gasteiger partial charge in [0.15, 0.2) is 11.2 Å². The highest BCUT2D eigenvalue weighted by Crippen LogP contribution is 2.56. The zero-order valence-corrected chi connectivity index (χ0v) is 36.3. The number of rotatable bonds is 8. The molecular weight excluding hydrogens is 817 g/mol. The van der Waals surface area contributed by atoms with E-state index in [4.69, 9.17) is 18.8 Å². The second-order valence-corrected chi connectivity index (χ2v) is 17.3. The zero-order valence-electron chi connectivity index (χ0n) is 36.3. The number of aromatic nitrogens is 2. The highest BCUT2D eigenvalue weighted by molar-refractivity contribution is 5.90. The highest BCUT2D eigenvalue weighted by atomic mass is 16.4. The Kier molecular flexibility index (Phi) is 9.04. The lowest BCUT2D eigenvalue weighted by Gasteiger charge is -2.33. The molecule has 2 aromatic heterocycles. The van der Waals surface area contributed by atoms with Crippen LogP contribution in [0.3, 0.4) is 0 Å². The number of benzene rings is 10. The van der Waals surface area contributed by atoms with E-state index in [1.165, 1.54) is 38.9 Å². The number of hydrogen-bond donors (Lipinski definition) is 0. The van der Waals surface area contributed by atoms with E-state index < -0.39 is 5.41 Å². The predicted molar refractivity (Wildman–Crippen MR) is 271 cm³/mol. The summed E-state index contributed by atoms with van der Waals surface area (Å²) in [5, 5.41) is 0. The lowest BCUT2D eigenvalue weighted by molar-refractivity contribution is 0.619. The van der Waals surface area contributed by atoms with Crippen LogP contribution in [0.5, 0.6) is 0 Å². The molecule has 0 fully saturated rings. The van der Waals surface area contributed by atoms with Crippen molar-refractivity contribution in [3.05, 3.63) is 265 Å². The first-order chi connectivity index (χ1) is 33.2. The minimum absolute atomic E-state index is 0.437. The number of fused-ring (bicyclic) bond motifs is 5. The van der Waals surface area contributed by atoms with Crippen molar-refractivity contribution in [2.45, 2.75) is 5.41 Å². The summed E-state index contributed by atoms with van der Waals surface area (Å²) in [6, 6.07) is 86.6. The molecule has 2 heterocycles. The summed E-state index contributed by atoms with van der Waals surface area (Å²) in [6.07, 6.45) is 0. The molecule has 0 saturated heterocycles. The Hall–Kier alpha value is -8.86. The highest BCUT2D eigenvalue weighted by Gasteiger charge is 2.46. The molecule has 10 aromatic carbocycles. The van der Waals surface area contributed by atoms with Crippen LogP contribution in [0, 0.1) is 0 Å². The molecule has 314 valence electrons. The van der Waals surface area contributed by atoms with E-state index in [0.717, 1.165) is 72.3 Å². The van der Waals surface area contributed by atoms with E-state index in [9.17, 15) is 0 Å². The standard InChI is InChI=1S/C63H40N2O2/c1-3-16-51(17-4-1)63(52-18-5-2-6-19-52)55-21-8-7-20-53(55)54-40-47(34-35-56(54)63)45-14-13-15-46(36-45)50-38-48(41-26-30-43(31-27-41)61-64-57-22-9-11-24-59(57)66-61)37-49(39-50)42-28-32-44(33-29-42)62-65-58-23-10-12-25-60(58)67-62/h1-40H. The Morgan fingerprint density at radius 1 is 0.269 bits per heavy atom. The van der Waals surface area contributed by atoms with Crippen LogP contribution in [0.25, 0.3) is 101 Å². The van der Waals surface area contributed by atoms with Crippen LogP contribution >= 0.6 is 0 Å². The van der Waals surface area contributed by atoms with Gasteiger partial charge in [-0.3, -0.25) is 0 Å². The maximum atomic E-state index is 6.13. The second-order valence-electron chi connectivity index (χ2n) is 17.3. The molecule has 4 nitrogen and oxygen atoms in total. The molecule has 0 spiro atoms. The molecule has 0 bridgehead atoms. The van der Waals surface area contributed by atoms with Gasteiger partial charge in [-0.1, -0.05) is 164 Å². The van der Waals surface area contributed by atoms with Crippen LogP contribution in [0.4, 0.5) is 0 Å². The van der Waals surface area contributed by atoms with Gasteiger partial charge in [0, 0.05) is 11.1 Å². The van der Waals surface area contributed by atoms with Gasteiger partial charge in [-0.25, -0.2) is 9.97 Å². The molecule has 1 aliphatic rings. The third-order valence-corrected chi connectivity index (χ3v) is 13.4. The average molecular weight is 857 g/mol. The number of para-hydroxylation sites is 4. The molecule has 13 rings (SSSR count). The second kappa shape index (κ2) is 15.7. The Morgan fingerprint density at radius 3 is 1.22 bits per heavy atom. The zero-order chi connectivity index (χ0) is 44.3.